The minimum absolute atomic E-state index is 0.161. The first kappa shape index (κ1) is 20.7. The average Bonchev–Trinajstić information content (AvgIpc) is 2.75. The summed E-state index contributed by atoms with van der Waals surface area (Å²) in [5.74, 6) is 0.628. The second-order valence-electron chi connectivity index (χ2n) is 6.19. The molecule has 0 fully saturated rings. The number of nitrogens with one attached hydrogen (secondary N) is 1. The van der Waals surface area contributed by atoms with Crippen molar-refractivity contribution in [3.63, 3.8) is 0 Å². The summed E-state index contributed by atoms with van der Waals surface area (Å²) in [6.45, 7) is 3.14. The van der Waals surface area contributed by atoms with Crippen LogP contribution in [0.4, 0.5) is 0 Å². The lowest BCUT2D eigenvalue weighted by Gasteiger charge is -2.10. The van der Waals surface area contributed by atoms with E-state index >= 15 is 0 Å². The second-order valence-corrected chi connectivity index (χ2v) is 7.04. The topological polar surface area (TPSA) is 73.2 Å². The summed E-state index contributed by atoms with van der Waals surface area (Å²) in [7, 11) is 0. The number of benzene rings is 2. The molecule has 7 heteroatoms. The molecule has 1 aromatic heterocycles. The molecule has 0 aliphatic rings. The number of ether oxygens (including phenoxy) is 1. The van der Waals surface area contributed by atoms with Gasteiger partial charge in [-0.3, -0.25) is 9.59 Å². The molecule has 3 rings (SSSR count). The van der Waals surface area contributed by atoms with Crippen LogP contribution in [-0.2, 0) is 6.54 Å². The Morgan fingerprint density at radius 3 is 2.59 bits per heavy atom. The molecule has 3 aromatic rings. The highest BCUT2D eigenvalue weighted by molar-refractivity contribution is 7.98. The van der Waals surface area contributed by atoms with Gasteiger partial charge in [0, 0.05) is 23.1 Å². The molecule has 0 radical (unpaired) electrons. The van der Waals surface area contributed by atoms with Crippen LogP contribution in [0.25, 0.3) is 11.3 Å². The normalized spacial score (nSPS) is 10.6. The molecule has 150 valence electrons. The predicted octanol–water partition coefficient (Wildman–Crippen LogP) is 3.46. The summed E-state index contributed by atoms with van der Waals surface area (Å²) in [4.78, 5) is 25.5. The smallest absolute Gasteiger partial charge is 0.266 e. The van der Waals surface area contributed by atoms with Crippen LogP contribution >= 0.6 is 11.8 Å². The lowest BCUT2D eigenvalue weighted by atomic mass is 10.1. The molecule has 29 heavy (non-hydrogen) atoms. The van der Waals surface area contributed by atoms with Crippen LogP contribution in [0.2, 0.25) is 0 Å². The number of carbonyl (C=O) groups excluding carboxylic acids is 1. The van der Waals surface area contributed by atoms with E-state index in [-0.39, 0.29) is 18.0 Å². The van der Waals surface area contributed by atoms with Crippen LogP contribution in [-0.4, -0.2) is 35.1 Å². The van der Waals surface area contributed by atoms with Crippen LogP contribution < -0.4 is 15.6 Å². The lowest BCUT2D eigenvalue weighted by molar-refractivity contribution is 0.0949. The number of rotatable bonds is 8. The van der Waals surface area contributed by atoms with Gasteiger partial charge < -0.3 is 10.1 Å². The Morgan fingerprint density at radius 1 is 1.10 bits per heavy atom. The largest absolute Gasteiger partial charge is 0.494 e. The molecule has 2 aromatic carbocycles. The fourth-order valence-electron chi connectivity index (χ4n) is 2.85. The fourth-order valence-corrected chi connectivity index (χ4v) is 3.45. The molecule has 0 unspecified atom stereocenters. The predicted molar refractivity (Wildman–Crippen MR) is 116 cm³/mol. The van der Waals surface area contributed by atoms with Gasteiger partial charge in [-0.15, -0.1) is 11.8 Å². The summed E-state index contributed by atoms with van der Waals surface area (Å²) >= 11 is 1.52. The third kappa shape index (κ3) is 5.26. The van der Waals surface area contributed by atoms with E-state index in [9.17, 15) is 9.59 Å². The number of hydrogen-bond donors (Lipinski definition) is 1. The first-order valence-electron chi connectivity index (χ1n) is 9.35. The number of carbonyl (C=O) groups is 1. The third-order valence-electron chi connectivity index (χ3n) is 4.29. The van der Waals surface area contributed by atoms with Gasteiger partial charge in [-0.05, 0) is 55.6 Å². The summed E-state index contributed by atoms with van der Waals surface area (Å²) in [5, 5.41) is 7.29. The Morgan fingerprint density at radius 2 is 1.86 bits per heavy atom. The van der Waals surface area contributed by atoms with Crippen molar-refractivity contribution in [1.82, 2.24) is 15.1 Å². The van der Waals surface area contributed by atoms with Crippen molar-refractivity contribution in [1.29, 1.82) is 0 Å². The minimum atomic E-state index is -0.210. The number of nitrogens with zero attached hydrogens (tertiary/aromatic N) is 2. The van der Waals surface area contributed by atoms with E-state index < -0.39 is 0 Å². The molecule has 0 aliphatic heterocycles. The van der Waals surface area contributed by atoms with Gasteiger partial charge in [0.05, 0.1) is 24.4 Å². The average molecular weight is 410 g/mol. The van der Waals surface area contributed by atoms with Gasteiger partial charge >= 0.3 is 0 Å². The summed E-state index contributed by atoms with van der Waals surface area (Å²) in [6.07, 6.45) is 1.93. The highest BCUT2D eigenvalue weighted by Gasteiger charge is 2.10. The Labute approximate surface area is 173 Å². The molecular weight excluding hydrogens is 386 g/mol. The molecule has 0 spiro atoms. The van der Waals surface area contributed by atoms with Gasteiger partial charge in [0.2, 0.25) is 0 Å². The number of aromatic nitrogens is 2. The van der Waals surface area contributed by atoms with Gasteiger partial charge in [0.1, 0.15) is 5.75 Å². The van der Waals surface area contributed by atoms with Crippen molar-refractivity contribution < 1.29 is 9.53 Å². The number of amides is 1. The Kier molecular flexibility index (Phi) is 7.08. The Balaban J connectivity index is 1.67. The summed E-state index contributed by atoms with van der Waals surface area (Å²) in [5.41, 5.74) is 1.99. The van der Waals surface area contributed by atoms with E-state index in [0.717, 1.165) is 16.2 Å². The van der Waals surface area contributed by atoms with E-state index in [4.69, 9.17) is 4.74 Å². The van der Waals surface area contributed by atoms with Crippen molar-refractivity contribution in [2.75, 3.05) is 19.4 Å². The molecule has 0 bridgehead atoms. The molecule has 0 aliphatic carbocycles. The zero-order chi connectivity index (χ0) is 20.6. The number of thioether (sulfide) groups is 1. The van der Waals surface area contributed by atoms with E-state index in [1.807, 2.05) is 55.6 Å². The van der Waals surface area contributed by atoms with Gasteiger partial charge in [-0.25, -0.2) is 4.68 Å². The molecule has 1 N–H and O–H groups in total. The molecule has 6 nitrogen and oxygen atoms in total. The maximum absolute atomic E-state index is 12.4. The molecule has 0 saturated carbocycles. The zero-order valence-electron chi connectivity index (χ0n) is 16.4. The van der Waals surface area contributed by atoms with Crippen LogP contribution in [0.5, 0.6) is 5.75 Å². The maximum Gasteiger partial charge on any atom is 0.266 e. The third-order valence-corrected chi connectivity index (χ3v) is 5.08. The molecule has 0 atom stereocenters. The van der Waals surface area contributed by atoms with Gasteiger partial charge in [-0.2, -0.15) is 5.10 Å². The SMILES string of the molecule is CCOc1ccc(-c2ccc(=O)n(CCNC(=O)c3ccccc3SC)n2)cc1. The first-order valence-corrected chi connectivity index (χ1v) is 10.6. The van der Waals surface area contributed by atoms with Crippen molar-refractivity contribution in [2.45, 2.75) is 18.4 Å². The van der Waals surface area contributed by atoms with Gasteiger partial charge in [-0.1, -0.05) is 12.1 Å². The van der Waals surface area contributed by atoms with Crippen molar-refractivity contribution >= 4 is 17.7 Å². The van der Waals surface area contributed by atoms with Crippen LogP contribution in [0.3, 0.4) is 0 Å². The highest BCUT2D eigenvalue weighted by atomic mass is 32.2. The number of hydrogen-bond acceptors (Lipinski definition) is 5. The minimum Gasteiger partial charge on any atom is -0.494 e. The highest BCUT2D eigenvalue weighted by Crippen LogP contribution is 2.20. The van der Waals surface area contributed by atoms with Crippen LogP contribution in [0, 0.1) is 0 Å². The molecular formula is C22H23N3O3S. The summed E-state index contributed by atoms with van der Waals surface area (Å²) in [6, 6.07) is 18.2. The quantitative estimate of drug-likeness (QED) is 0.577. The summed E-state index contributed by atoms with van der Waals surface area (Å²) < 4.78 is 6.82. The van der Waals surface area contributed by atoms with Crippen LogP contribution in [0.15, 0.2) is 70.4 Å². The van der Waals surface area contributed by atoms with Gasteiger partial charge in [0.15, 0.2) is 0 Å². The molecule has 0 saturated heterocycles. The Hall–Kier alpha value is -3.06. The van der Waals surface area contributed by atoms with E-state index in [1.54, 1.807) is 12.1 Å². The van der Waals surface area contributed by atoms with E-state index in [2.05, 4.69) is 10.4 Å². The van der Waals surface area contributed by atoms with Gasteiger partial charge in [0.25, 0.3) is 11.5 Å². The maximum atomic E-state index is 12.4. The van der Waals surface area contributed by atoms with Crippen molar-refractivity contribution in [3.05, 3.63) is 76.6 Å². The first-order chi connectivity index (χ1) is 14.1. The lowest BCUT2D eigenvalue weighted by Crippen LogP contribution is -2.32. The fraction of sp³-hybridized carbons (Fsp3) is 0.227. The van der Waals surface area contributed by atoms with Crippen molar-refractivity contribution in [3.8, 4) is 17.0 Å². The van der Waals surface area contributed by atoms with Crippen molar-refractivity contribution in [2.24, 2.45) is 0 Å². The molecule has 1 amide bonds. The zero-order valence-corrected chi connectivity index (χ0v) is 17.2. The standard InChI is InChI=1S/C22H23N3O3S/c1-3-28-17-10-8-16(9-11-17)19-12-13-21(26)25(24-19)15-14-23-22(27)18-6-4-5-7-20(18)29-2/h4-13H,3,14-15H2,1-2H3,(H,23,27). The Bertz CT molecular complexity index is 1030. The van der Waals surface area contributed by atoms with E-state index in [0.29, 0.717) is 24.4 Å². The second kappa shape index (κ2) is 9.93. The molecule has 1 heterocycles. The van der Waals surface area contributed by atoms with Crippen LogP contribution in [0.1, 0.15) is 17.3 Å². The van der Waals surface area contributed by atoms with E-state index in [1.165, 1.54) is 22.5 Å². The monoisotopic (exact) mass is 409 g/mol.